The van der Waals surface area contributed by atoms with Crippen molar-refractivity contribution in [3.63, 3.8) is 0 Å². The van der Waals surface area contributed by atoms with Crippen molar-refractivity contribution < 1.29 is 13.2 Å². The van der Waals surface area contributed by atoms with Gasteiger partial charge in [-0.05, 0) is 23.6 Å². The fraction of sp³-hybridized carbons (Fsp3) is 0.462. The summed E-state index contributed by atoms with van der Waals surface area (Å²) in [7, 11) is -3.34. The third-order valence-corrected chi connectivity index (χ3v) is 4.88. The molecule has 0 aliphatic carbocycles. The Bertz CT molecular complexity index is 596. The van der Waals surface area contributed by atoms with Gasteiger partial charge in [0.05, 0.1) is 0 Å². The summed E-state index contributed by atoms with van der Waals surface area (Å²) in [5, 5.41) is 4.90. The highest BCUT2D eigenvalue weighted by atomic mass is 32.2. The van der Waals surface area contributed by atoms with Crippen molar-refractivity contribution in [2.75, 3.05) is 6.26 Å². The first-order valence-electron chi connectivity index (χ1n) is 6.16. The van der Waals surface area contributed by atoms with E-state index in [1.807, 2.05) is 18.2 Å². The minimum atomic E-state index is -3.34. The highest BCUT2D eigenvalue weighted by Crippen LogP contribution is 2.16. The second-order valence-electron chi connectivity index (χ2n) is 4.90. The van der Waals surface area contributed by atoms with Gasteiger partial charge in [0, 0.05) is 25.9 Å². The van der Waals surface area contributed by atoms with Crippen molar-refractivity contribution >= 4 is 15.7 Å². The van der Waals surface area contributed by atoms with Crippen LogP contribution in [0.1, 0.15) is 23.6 Å². The summed E-state index contributed by atoms with van der Waals surface area (Å²) in [5.74, 6) is -0.457. The number of hydrogen-bond acceptors (Lipinski definition) is 4. The van der Waals surface area contributed by atoms with Gasteiger partial charge in [0.15, 0.2) is 9.84 Å². The highest BCUT2D eigenvalue weighted by Gasteiger charge is 2.23. The Hall–Kier alpha value is -1.40. The molecule has 2 N–H and O–H groups in total. The molecule has 2 rings (SSSR count). The molecular formula is C13H18N2O3S. The normalized spacial score (nSPS) is 15.9. The summed E-state index contributed by atoms with van der Waals surface area (Å²) in [4.78, 5) is 11.7. The maximum atomic E-state index is 11.7. The molecule has 1 atom stereocenters. The largest absolute Gasteiger partial charge is 0.351 e. The molecule has 19 heavy (non-hydrogen) atoms. The molecule has 6 heteroatoms. The van der Waals surface area contributed by atoms with Crippen LogP contribution in [0.15, 0.2) is 18.2 Å². The predicted molar refractivity (Wildman–Crippen MR) is 73.1 cm³/mol. The zero-order valence-corrected chi connectivity index (χ0v) is 11.9. The summed E-state index contributed by atoms with van der Waals surface area (Å²) < 4.78 is 22.5. The van der Waals surface area contributed by atoms with Gasteiger partial charge in [0.2, 0.25) is 5.91 Å². The number of rotatable bonds is 4. The Labute approximate surface area is 113 Å². The van der Waals surface area contributed by atoms with Crippen molar-refractivity contribution in [2.45, 2.75) is 31.8 Å². The van der Waals surface area contributed by atoms with Gasteiger partial charge < -0.3 is 10.6 Å². The average Bonchev–Trinajstić information content (AvgIpc) is 2.81. The lowest BCUT2D eigenvalue weighted by Crippen LogP contribution is -2.37. The number of nitrogens with one attached hydrogen (secondary N) is 2. The zero-order valence-electron chi connectivity index (χ0n) is 11.1. The SMILES string of the molecule is CC(C(=O)NCc1ccc2c(c1)CNC2)S(C)(=O)=O. The molecule has 1 amide bonds. The number of hydrogen-bond donors (Lipinski definition) is 2. The Morgan fingerprint density at radius 1 is 1.37 bits per heavy atom. The van der Waals surface area contributed by atoms with Crippen LogP contribution in [-0.2, 0) is 34.3 Å². The van der Waals surface area contributed by atoms with Gasteiger partial charge in [-0.15, -0.1) is 0 Å². The van der Waals surface area contributed by atoms with E-state index in [9.17, 15) is 13.2 Å². The van der Waals surface area contributed by atoms with Crippen LogP contribution < -0.4 is 10.6 Å². The molecule has 5 nitrogen and oxygen atoms in total. The average molecular weight is 282 g/mol. The number of sulfone groups is 1. The van der Waals surface area contributed by atoms with E-state index in [0.29, 0.717) is 6.54 Å². The van der Waals surface area contributed by atoms with Crippen LogP contribution >= 0.6 is 0 Å². The standard InChI is InChI=1S/C13H18N2O3S/c1-9(19(2,17)18)13(16)15-6-10-3-4-11-7-14-8-12(11)5-10/h3-5,9,14H,6-8H2,1-2H3,(H,15,16). The number of carbonyl (C=O) groups is 1. The van der Waals surface area contributed by atoms with Gasteiger partial charge in [-0.3, -0.25) is 4.79 Å². The second-order valence-corrected chi connectivity index (χ2v) is 7.26. The lowest BCUT2D eigenvalue weighted by Gasteiger charge is -2.11. The number of benzene rings is 1. The number of amides is 1. The highest BCUT2D eigenvalue weighted by molar-refractivity contribution is 7.92. The molecule has 104 valence electrons. The van der Waals surface area contributed by atoms with E-state index < -0.39 is 21.0 Å². The molecule has 0 bridgehead atoms. The lowest BCUT2D eigenvalue weighted by atomic mass is 10.1. The van der Waals surface area contributed by atoms with Crippen molar-refractivity contribution in [1.82, 2.24) is 10.6 Å². The second kappa shape index (κ2) is 5.30. The predicted octanol–water partition coefficient (Wildman–Crippen LogP) is 0.339. The Balaban J connectivity index is 1.98. The Kier molecular flexibility index (Phi) is 3.91. The molecular weight excluding hydrogens is 264 g/mol. The van der Waals surface area contributed by atoms with Gasteiger partial charge in [-0.2, -0.15) is 0 Å². The smallest absolute Gasteiger partial charge is 0.238 e. The van der Waals surface area contributed by atoms with Gasteiger partial charge in [-0.25, -0.2) is 8.42 Å². The third kappa shape index (κ3) is 3.33. The minimum absolute atomic E-state index is 0.353. The number of fused-ring (bicyclic) bond motifs is 1. The van der Waals surface area contributed by atoms with Crippen LogP contribution in [0.4, 0.5) is 0 Å². The first-order chi connectivity index (χ1) is 8.88. The van der Waals surface area contributed by atoms with Gasteiger partial charge in [0.25, 0.3) is 0 Å². The first kappa shape index (κ1) is 14.0. The monoisotopic (exact) mass is 282 g/mol. The molecule has 1 unspecified atom stereocenters. The van der Waals surface area contributed by atoms with E-state index in [2.05, 4.69) is 10.6 Å². The van der Waals surface area contributed by atoms with Gasteiger partial charge in [0.1, 0.15) is 5.25 Å². The minimum Gasteiger partial charge on any atom is -0.351 e. The molecule has 0 radical (unpaired) electrons. The molecule has 1 heterocycles. The molecule has 1 aromatic rings. The van der Waals surface area contributed by atoms with E-state index in [1.54, 1.807) is 0 Å². The molecule has 0 fully saturated rings. The van der Waals surface area contributed by atoms with E-state index >= 15 is 0 Å². The van der Waals surface area contributed by atoms with Crippen LogP contribution in [0.2, 0.25) is 0 Å². The summed E-state index contributed by atoms with van der Waals surface area (Å²) in [5.41, 5.74) is 3.50. The number of carbonyl (C=O) groups excluding carboxylic acids is 1. The maximum Gasteiger partial charge on any atom is 0.238 e. The lowest BCUT2D eigenvalue weighted by molar-refractivity contribution is -0.120. The van der Waals surface area contributed by atoms with Crippen molar-refractivity contribution in [3.05, 3.63) is 34.9 Å². The van der Waals surface area contributed by atoms with Crippen molar-refractivity contribution in [3.8, 4) is 0 Å². The summed E-state index contributed by atoms with van der Waals surface area (Å²) in [6.45, 7) is 3.48. The topological polar surface area (TPSA) is 75.3 Å². The molecule has 0 saturated carbocycles. The van der Waals surface area contributed by atoms with Gasteiger partial charge >= 0.3 is 0 Å². The third-order valence-electron chi connectivity index (χ3n) is 3.38. The molecule has 0 aromatic heterocycles. The van der Waals surface area contributed by atoms with Crippen LogP contribution in [0, 0.1) is 0 Å². The van der Waals surface area contributed by atoms with Crippen LogP contribution in [-0.4, -0.2) is 25.8 Å². The van der Waals surface area contributed by atoms with Gasteiger partial charge in [-0.1, -0.05) is 18.2 Å². The van der Waals surface area contributed by atoms with Crippen LogP contribution in [0.3, 0.4) is 0 Å². The molecule has 1 aliphatic heterocycles. The summed E-state index contributed by atoms with van der Waals surface area (Å²) in [6.07, 6.45) is 1.07. The van der Waals surface area contributed by atoms with E-state index in [-0.39, 0.29) is 0 Å². The van der Waals surface area contributed by atoms with Crippen LogP contribution in [0.25, 0.3) is 0 Å². The summed E-state index contributed by atoms with van der Waals surface area (Å²) in [6, 6.07) is 6.04. The fourth-order valence-corrected chi connectivity index (χ4v) is 2.46. The van der Waals surface area contributed by atoms with Crippen molar-refractivity contribution in [2.24, 2.45) is 0 Å². The van der Waals surface area contributed by atoms with E-state index in [4.69, 9.17) is 0 Å². The van der Waals surface area contributed by atoms with Crippen LogP contribution in [0.5, 0.6) is 0 Å². The Morgan fingerprint density at radius 2 is 2.05 bits per heavy atom. The molecule has 1 aromatic carbocycles. The zero-order chi connectivity index (χ0) is 14.0. The summed E-state index contributed by atoms with van der Waals surface area (Å²) >= 11 is 0. The van der Waals surface area contributed by atoms with E-state index in [1.165, 1.54) is 18.1 Å². The first-order valence-corrected chi connectivity index (χ1v) is 8.11. The molecule has 0 saturated heterocycles. The molecule has 0 spiro atoms. The maximum absolute atomic E-state index is 11.7. The van der Waals surface area contributed by atoms with Crippen molar-refractivity contribution in [1.29, 1.82) is 0 Å². The Morgan fingerprint density at radius 3 is 2.74 bits per heavy atom. The molecule has 1 aliphatic rings. The quantitative estimate of drug-likeness (QED) is 0.835. The van der Waals surface area contributed by atoms with E-state index in [0.717, 1.165) is 24.9 Å². The fourth-order valence-electron chi connectivity index (χ4n) is 1.99.